The van der Waals surface area contributed by atoms with Crippen LogP contribution in [0.4, 0.5) is 0 Å². The number of rotatable bonds is 23. The number of ether oxygens (including phenoxy) is 2. The van der Waals surface area contributed by atoms with Gasteiger partial charge in [-0.05, 0) is 32.1 Å². The van der Waals surface area contributed by atoms with Gasteiger partial charge in [-0.15, -0.1) is 0 Å². The summed E-state index contributed by atoms with van der Waals surface area (Å²) in [7, 11) is -4.37. The summed E-state index contributed by atoms with van der Waals surface area (Å²) in [5.74, 6) is 0. The molecular weight excluding hydrogens is 392 g/mol. The quantitative estimate of drug-likeness (QED) is 0.122. The number of hydrogen-bond acceptors (Lipinski definition) is 5. The summed E-state index contributed by atoms with van der Waals surface area (Å²) in [5.41, 5.74) is 0. The predicted molar refractivity (Wildman–Crippen MR) is 119 cm³/mol. The van der Waals surface area contributed by atoms with E-state index in [0.717, 1.165) is 13.0 Å². The lowest BCUT2D eigenvalue weighted by Gasteiger charge is -2.05. The monoisotopic (exact) mass is 436 g/mol. The van der Waals surface area contributed by atoms with Crippen LogP contribution < -0.4 is 0 Å². The van der Waals surface area contributed by atoms with Crippen molar-refractivity contribution < 1.29 is 26.6 Å². The number of allylic oxidation sites excluding steroid dienone is 2. The molecule has 6 nitrogen and oxygen atoms in total. The van der Waals surface area contributed by atoms with Crippen molar-refractivity contribution in [2.45, 2.75) is 96.8 Å². The van der Waals surface area contributed by atoms with Gasteiger partial charge in [-0.3, -0.25) is 4.55 Å². The van der Waals surface area contributed by atoms with E-state index >= 15 is 0 Å². The van der Waals surface area contributed by atoms with Crippen molar-refractivity contribution in [1.82, 2.24) is 0 Å². The van der Waals surface area contributed by atoms with Gasteiger partial charge in [0.2, 0.25) is 0 Å². The fraction of sp³-hybridized carbons (Fsp3) is 0.909. The van der Waals surface area contributed by atoms with Crippen molar-refractivity contribution in [3.05, 3.63) is 12.2 Å². The molecule has 0 saturated heterocycles. The third-order valence-corrected chi connectivity index (χ3v) is 5.10. The van der Waals surface area contributed by atoms with Gasteiger partial charge >= 0.3 is 10.4 Å². The van der Waals surface area contributed by atoms with Crippen LogP contribution in [0, 0.1) is 0 Å². The first kappa shape index (κ1) is 28.5. The van der Waals surface area contributed by atoms with Gasteiger partial charge in [0.25, 0.3) is 0 Å². The topological polar surface area (TPSA) is 82.1 Å². The van der Waals surface area contributed by atoms with Crippen LogP contribution in [0.5, 0.6) is 0 Å². The molecule has 0 atom stereocenters. The summed E-state index contributed by atoms with van der Waals surface area (Å²) in [4.78, 5) is 0. The molecule has 0 aromatic carbocycles. The smallest absolute Gasteiger partial charge is 0.379 e. The summed E-state index contributed by atoms with van der Waals surface area (Å²) >= 11 is 0. The van der Waals surface area contributed by atoms with Gasteiger partial charge in [0, 0.05) is 6.61 Å². The van der Waals surface area contributed by atoms with Gasteiger partial charge in [-0.2, -0.15) is 8.42 Å². The van der Waals surface area contributed by atoms with Crippen molar-refractivity contribution in [2.24, 2.45) is 0 Å². The minimum atomic E-state index is -4.37. The van der Waals surface area contributed by atoms with Gasteiger partial charge in [-0.1, -0.05) is 76.9 Å². The fourth-order valence-corrected chi connectivity index (χ4v) is 3.25. The SMILES string of the molecule is CCCCCCCCC=CCCCCCCCCOCCOCCOS(=O)(=O)O. The first-order chi connectivity index (χ1) is 14.1. The molecule has 29 heavy (non-hydrogen) atoms. The molecule has 0 aliphatic rings. The maximum atomic E-state index is 10.3. The molecule has 0 aliphatic carbocycles. The van der Waals surface area contributed by atoms with E-state index in [1.165, 1.54) is 83.5 Å². The van der Waals surface area contributed by atoms with Crippen LogP contribution in [0.3, 0.4) is 0 Å². The molecule has 0 unspecified atom stereocenters. The second kappa shape index (κ2) is 22.2. The van der Waals surface area contributed by atoms with Crippen LogP contribution in [0.15, 0.2) is 12.2 Å². The summed E-state index contributed by atoms with van der Waals surface area (Å²) in [6, 6.07) is 0. The molecule has 0 aliphatic heterocycles. The Hall–Kier alpha value is -0.470. The number of unbranched alkanes of at least 4 members (excludes halogenated alkanes) is 12. The molecule has 0 radical (unpaired) electrons. The van der Waals surface area contributed by atoms with Crippen LogP contribution in [0.25, 0.3) is 0 Å². The zero-order valence-corrected chi connectivity index (χ0v) is 19.3. The van der Waals surface area contributed by atoms with E-state index in [1.807, 2.05) is 0 Å². The van der Waals surface area contributed by atoms with E-state index in [9.17, 15) is 8.42 Å². The molecular formula is C22H44O6S. The average Bonchev–Trinajstić information content (AvgIpc) is 2.67. The second-order valence-corrected chi connectivity index (χ2v) is 8.50. The van der Waals surface area contributed by atoms with E-state index in [-0.39, 0.29) is 13.2 Å². The van der Waals surface area contributed by atoms with E-state index in [0.29, 0.717) is 13.2 Å². The summed E-state index contributed by atoms with van der Waals surface area (Å²) < 4.78 is 43.7. The lowest BCUT2D eigenvalue weighted by molar-refractivity contribution is 0.0346. The third-order valence-electron chi connectivity index (χ3n) is 4.63. The Kier molecular flexibility index (Phi) is 21.9. The molecule has 0 spiro atoms. The largest absolute Gasteiger partial charge is 0.397 e. The Morgan fingerprint density at radius 3 is 1.62 bits per heavy atom. The minimum absolute atomic E-state index is 0.109. The van der Waals surface area contributed by atoms with Crippen LogP contribution in [-0.4, -0.2) is 46.0 Å². The molecule has 0 bridgehead atoms. The lowest BCUT2D eigenvalue weighted by Crippen LogP contribution is -2.12. The second-order valence-electron chi connectivity index (χ2n) is 7.41. The van der Waals surface area contributed by atoms with Crippen LogP contribution >= 0.6 is 0 Å². The first-order valence-electron chi connectivity index (χ1n) is 11.5. The van der Waals surface area contributed by atoms with Crippen molar-refractivity contribution in [3.63, 3.8) is 0 Å². The predicted octanol–water partition coefficient (Wildman–Crippen LogP) is 5.88. The molecule has 0 amide bonds. The molecule has 0 aromatic rings. The van der Waals surface area contributed by atoms with E-state index in [1.54, 1.807) is 0 Å². The van der Waals surface area contributed by atoms with Crippen molar-refractivity contribution in [2.75, 3.05) is 33.0 Å². The zero-order valence-electron chi connectivity index (χ0n) is 18.5. The average molecular weight is 437 g/mol. The molecule has 0 aromatic heterocycles. The molecule has 0 heterocycles. The van der Waals surface area contributed by atoms with Gasteiger partial charge in [0.15, 0.2) is 0 Å². The highest BCUT2D eigenvalue weighted by molar-refractivity contribution is 7.80. The zero-order chi connectivity index (χ0) is 21.5. The molecule has 0 rings (SSSR count). The maximum Gasteiger partial charge on any atom is 0.397 e. The van der Waals surface area contributed by atoms with Gasteiger partial charge < -0.3 is 9.47 Å². The van der Waals surface area contributed by atoms with Gasteiger partial charge in [0.05, 0.1) is 26.4 Å². The Labute approximate surface area is 179 Å². The Balaban J connectivity index is 3.10. The highest BCUT2D eigenvalue weighted by Crippen LogP contribution is 2.10. The summed E-state index contributed by atoms with van der Waals surface area (Å²) in [6.07, 6.45) is 22.8. The highest BCUT2D eigenvalue weighted by Gasteiger charge is 2.02. The minimum Gasteiger partial charge on any atom is -0.379 e. The van der Waals surface area contributed by atoms with E-state index in [2.05, 4.69) is 23.3 Å². The number of hydrogen-bond donors (Lipinski definition) is 1. The maximum absolute atomic E-state index is 10.3. The molecule has 0 fully saturated rings. The summed E-state index contributed by atoms with van der Waals surface area (Å²) in [6.45, 7) is 3.78. The van der Waals surface area contributed by atoms with Crippen LogP contribution in [0.2, 0.25) is 0 Å². The molecule has 1 N–H and O–H groups in total. The lowest BCUT2D eigenvalue weighted by atomic mass is 10.1. The third kappa shape index (κ3) is 27.5. The van der Waals surface area contributed by atoms with Crippen molar-refractivity contribution >= 4 is 10.4 Å². The highest BCUT2D eigenvalue weighted by atomic mass is 32.3. The van der Waals surface area contributed by atoms with Gasteiger partial charge in [0.1, 0.15) is 0 Å². The molecule has 174 valence electrons. The van der Waals surface area contributed by atoms with Crippen molar-refractivity contribution in [1.29, 1.82) is 0 Å². The Bertz CT molecular complexity index is 450. The van der Waals surface area contributed by atoms with E-state index < -0.39 is 10.4 Å². The normalized spacial score (nSPS) is 12.2. The van der Waals surface area contributed by atoms with E-state index in [4.69, 9.17) is 14.0 Å². The standard InChI is InChI=1S/C22H44O6S/c1-2-3-4-5-6-7-8-9-10-11-12-13-14-15-16-17-18-26-19-20-27-21-22-28-29(23,24)25/h9-10H,2-8,11-22H2,1H3,(H,23,24,25). The molecule has 0 saturated carbocycles. The summed E-state index contributed by atoms with van der Waals surface area (Å²) in [5, 5.41) is 0. The Morgan fingerprint density at radius 1 is 0.621 bits per heavy atom. The van der Waals surface area contributed by atoms with Crippen molar-refractivity contribution in [3.8, 4) is 0 Å². The molecule has 7 heteroatoms. The fourth-order valence-electron chi connectivity index (χ4n) is 2.97. The Morgan fingerprint density at radius 2 is 1.07 bits per heavy atom. The first-order valence-corrected chi connectivity index (χ1v) is 12.8. The van der Waals surface area contributed by atoms with Gasteiger partial charge in [-0.25, -0.2) is 4.18 Å². The van der Waals surface area contributed by atoms with Crippen LogP contribution in [-0.2, 0) is 24.1 Å². The van der Waals surface area contributed by atoms with Crippen LogP contribution in [0.1, 0.15) is 96.8 Å².